The summed E-state index contributed by atoms with van der Waals surface area (Å²) in [6.45, 7) is 0. The topological polar surface area (TPSA) is 92.4 Å². The predicted octanol–water partition coefficient (Wildman–Crippen LogP) is -0.395. The Kier molecular flexibility index (Phi) is 4.80. The Balaban J connectivity index is 3.70. The van der Waals surface area contributed by atoms with Gasteiger partial charge in [0.2, 0.25) is 5.91 Å². The summed E-state index contributed by atoms with van der Waals surface area (Å²) >= 11 is 2.78. The third kappa shape index (κ3) is 4.74. The van der Waals surface area contributed by atoms with Crippen LogP contribution >= 0.6 is 16.1 Å². The fourth-order valence-corrected chi connectivity index (χ4v) is 0.936. The summed E-state index contributed by atoms with van der Waals surface area (Å²) in [7, 11) is 0. The lowest BCUT2D eigenvalue weighted by Gasteiger charge is -2.06. The molecular formula is C5H9BrN2O3. The molecule has 0 spiro atoms. The van der Waals surface area contributed by atoms with Gasteiger partial charge in [-0.15, -0.1) is 0 Å². The van der Waals surface area contributed by atoms with Gasteiger partial charge in [0.15, 0.2) is 0 Å². The Bertz CT molecular complexity index is 162. The van der Waals surface area contributed by atoms with Crippen LogP contribution in [0.3, 0.4) is 0 Å². The molecule has 11 heavy (non-hydrogen) atoms. The second kappa shape index (κ2) is 5.09. The third-order valence-electron chi connectivity index (χ3n) is 1.11. The van der Waals surface area contributed by atoms with Gasteiger partial charge in [0.25, 0.3) is 0 Å². The summed E-state index contributed by atoms with van der Waals surface area (Å²) in [6, 6.07) is -0.762. The highest BCUT2D eigenvalue weighted by Gasteiger charge is 2.15. The standard InChI is InChI=1S/C5H9BrN2O3/c6-8-3(5(10)11)1-2-4(7)9/h3,8H,1-2H2,(H2,7,9)(H,10,11). The van der Waals surface area contributed by atoms with E-state index in [1.54, 1.807) is 0 Å². The van der Waals surface area contributed by atoms with Gasteiger partial charge < -0.3 is 10.8 Å². The van der Waals surface area contributed by atoms with E-state index in [4.69, 9.17) is 10.8 Å². The number of nitrogens with one attached hydrogen (secondary N) is 1. The highest BCUT2D eigenvalue weighted by atomic mass is 79.9. The first kappa shape index (κ1) is 10.4. The van der Waals surface area contributed by atoms with Crippen LogP contribution in [0.5, 0.6) is 0 Å². The van der Waals surface area contributed by atoms with Gasteiger partial charge in [0.1, 0.15) is 6.04 Å². The molecule has 1 atom stereocenters. The molecule has 0 saturated carbocycles. The number of rotatable bonds is 5. The van der Waals surface area contributed by atoms with Crippen LogP contribution in [0.4, 0.5) is 0 Å². The van der Waals surface area contributed by atoms with Crippen molar-refractivity contribution in [3.63, 3.8) is 0 Å². The lowest BCUT2D eigenvalue weighted by molar-refractivity contribution is -0.139. The van der Waals surface area contributed by atoms with Gasteiger partial charge in [-0.2, -0.15) is 0 Å². The number of carboxylic acids is 1. The highest BCUT2D eigenvalue weighted by Crippen LogP contribution is 1.98. The van der Waals surface area contributed by atoms with Crippen molar-refractivity contribution in [2.24, 2.45) is 5.73 Å². The number of nitrogens with two attached hydrogens (primary N) is 1. The molecule has 0 aromatic carbocycles. The smallest absolute Gasteiger partial charge is 0.321 e. The zero-order valence-corrected chi connectivity index (χ0v) is 7.30. The Morgan fingerprint density at radius 1 is 1.64 bits per heavy atom. The van der Waals surface area contributed by atoms with Crippen LogP contribution in [0.1, 0.15) is 12.8 Å². The zero-order valence-electron chi connectivity index (χ0n) is 5.71. The Hall–Kier alpha value is -0.620. The lowest BCUT2D eigenvalue weighted by Crippen LogP contribution is -2.31. The average Bonchev–Trinajstić information content (AvgIpc) is 1.87. The Morgan fingerprint density at radius 3 is 2.45 bits per heavy atom. The maximum atomic E-state index is 10.3. The minimum atomic E-state index is -1.01. The molecule has 0 saturated heterocycles. The molecule has 0 rings (SSSR count). The van der Waals surface area contributed by atoms with Crippen molar-refractivity contribution in [1.29, 1.82) is 0 Å². The summed E-state index contributed by atoms with van der Waals surface area (Å²) in [5, 5.41) is 8.44. The quantitative estimate of drug-likeness (QED) is 0.555. The summed E-state index contributed by atoms with van der Waals surface area (Å²) < 4.78 is 2.36. The van der Waals surface area contributed by atoms with Crippen molar-refractivity contribution >= 4 is 28.0 Å². The molecule has 0 radical (unpaired) electrons. The van der Waals surface area contributed by atoms with Gasteiger partial charge in [0, 0.05) is 22.6 Å². The van der Waals surface area contributed by atoms with Gasteiger partial charge in [0.05, 0.1) is 0 Å². The monoisotopic (exact) mass is 224 g/mol. The second-order valence-electron chi connectivity index (χ2n) is 2.00. The SMILES string of the molecule is NC(=O)CCC(NBr)C(=O)O. The fraction of sp³-hybridized carbons (Fsp3) is 0.600. The van der Waals surface area contributed by atoms with E-state index in [-0.39, 0.29) is 12.8 Å². The molecule has 6 heteroatoms. The van der Waals surface area contributed by atoms with E-state index >= 15 is 0 Å². The fourth-order valence-electron chi connectivity index (χ4n) is 0.511. The molecule has 0 aliphatic carbocycles. The molecule has 0 bridgehead atoms. The summed E-state index contributed by atoms with van der Waals surface area (Å²) in [6.07, 6.45) is 0.255. The van der Waals surface area contributed by atoms with Crippen LogP contribution in [-0.4, -0.2) is 23.0 Å². The molecule has 0 aliphatic rings. The molecule has 0 aromatic heterocycles. The van der Waals surface area contributed by atoms with Crippen LogP contribution in [0.25, 0.3) is 0 Å². The van der Waals surface area contributed by atoms with E-state index < -0.39 is 17.9 Å². The molecule has 0 fully saturated rings. The van der Waals surface area contributed by atoms with E-state index in [1.165, 1.54) is 0 Å². The van der Waals surface area contributed by atoms with Crippen molar-refractivity contribution in [3.05, 3.63) is 0 Å². The van der Waals surface area contributed by atoms with Crippen LogP contribution in [0, 0.1) is 0 Å². The van der Waals surface area contributed by atoms with E-state index in [1.807, 2.05) is 0 Å². The number of hydrogen-bond donors (Lipinski definition) is 3. The van der Waals surface area contributed by atoms with Crippen molar-refractivity contribution < 1.29 is 14.7 Å². The molecule has 64 valence electrons. The first-order chi connectivity index (χ1) is 5.07. The normalized spacial score (nSPS) is 12.5. The Morgan fingerprint density at radius 2 is 2.18 bits per heavy atom. The number of hydrogen-bond acceptors (Lipinski definition) is 3. The summed E-state index contributed by atoms with van der Waals surface area (Å²) in [5.74, 6) is -1.51. The number of carbonyl (C=O) groups is 2. The predicted molar refractivity (Wildman–Crippen MR) is 41.9 cm³/mol. The van der Waals surface area contributed by atoms with E-state index in [9.17, 15) is 9.59 Å². The molecular weight excluding hydrogens is 216 g/mol. The molecule has 1 unspecified atom stereocenters. The first-order valence-corrected chi connectivity index (χ1v) is 3.74. The molecule has 0 aromatic rings. The summed E-state index contributed by atoms with van der Waals surface area (Å²) in [4.78, 5) is 20.5. The van der Waals surface area contributed by atoms with Crippen molar-refractivity contribution in [3.8, 4) is 0 Å². The third-order valence-corrected chi connectivity index (χ3v) is 1.66. The molecule has 5 nitrogen and oxygen atoms in total. The molecule has 4 N–H and O–H groups in total. The maximum absolute atomic E-state index is 10.3. The van der Waals surface area contributed by atoms with Gasteiger partial charge >= 0.3 is 5.97 Å². The number of halogens is 1. The lowest BCUT2D eigenvalue weighted by atomic mass is 10.2. The van der Waals surface area contributed by atoms with Crippen LogP contribution < -0.4 is 10.1 Å². The average molecular weight is 225 g/mol. The maximum Gasteiger partial charge on any atom is 0.321 e. The van der Waals surface area contributed by atoms with Crippen molar-refractivity contribution in [2.45, 2.75) is 18.9 Å². The minimum absolute atomic E-state index is 0.0650. The Labute approximate surface area is 72.3 Å². The second-order valence-corrected chi connectivity index (χ2v) is 2.46. The van der Waals surface area contributed by atoms with Crippen LogP contribution in [0.15, 0.2) is 0 Å². The number of primary amides is 1. The van der Waals surface area contributed by atoms with Crippen LogP contribution in [-0.2, 0) is 9.59 Å². The number of aliphatic carboxylic acids is 1. The molecule has 0 heterocycles. The van der Waals surface area contributed by atoms with Gasteiger partial charge in [-0.25, -0.2) is 4.34 Å². The number of carboxylic acid groups (broad SMARTS) is 1. The van der Waals surface area contributed by atoms with Gasteiger partial charge in [-0.3, -0.25) is 9.59 Å². The first-order valence-electron chi connectivity index (χ1n) is 2.95. The van der Waals surface area contributed by atoms with Crippen molar-refractivity contribution in [1.82, 2.24) is 4.34 Å². The summed E-state index contributed by atoms with van der Waals surface area (Å²) in [5.41, 5.74) is 4.82. The van der Waals surface area contributed by atoms with Gasteiger partial charge in [-0.05, 0) is 6.42 Å². The van der Waals surface area contributed by atoms with E-state index in [0.29, 0.717) is 0 Å². The number of amides is 1. The van der Waals surface area contributed by atoms with Crippen molar-refractivity contribution in [2.75, 3.05) is 0 Å². The van der Waals surface area contributed by atoms with Crippen LogP contribution in [0.2, 0.25) is 0 Å². The zero-order chi connectivity index (χ0) is 8.85. The van der Waals surface area contributed by atoms with E-state index in [2.05, 4.69) is 20.5 Å². The highest BCUT2D eigenvalue weighted by molar-refractivity contribution is 9.08. The minimum Gasteiger partial charge on any atom is -0.480 e. The van der Waals surface area contributed by atoms with Gasteiger partial charge in [-0.1, -0.05) is 0 Å². The van der Waals surface area contributed by atoms with E-state index in [0.717, 1.165) is 0 Å². The number of carbonyl (C=O) groups excluding carboxylic acids is 1. The molecule has 0 aliphatic heterocycles. The largest absolute Gasteiger partial charge is 0.480 e. The molecule has 1 amide bonds.